The van der Waals surface area contributed by atoms with Crippen molar-refractivity contribution < 1.29 is 23.9 Å². The van der Waals surface area contributed by atoms with Crippen LogP contribution < -0.4 is 10.1 Å². The Morgan fingerprint density at radius 1 is 1.21 bits per heavy atom. The number of halogens is 1. The Hall–Kier alpha value is -2.51. The molecule has 1 fully saturated rings. The number of hydrogen-bond donors (Lipinski definition) is 1. The minimum absolute atomic E-state index is 0.134. The minimum atomic E-state index is -0.583. The van der Waals surface area contributed by atoms with Crippen LogP contribution in [0.25, 0.3) is 0 Å². The van der Waals surface area contributed by atoms with Crippen molar-refractivity contribution in [2.75, 3.05) is 6.61 Å². The maximum Gasteiger partial charge on any atom is 0.303 e. The van der Waals surface area contributed by atoms with E-state index < -0.39 is 17.3 Å². The van der Waals surface area contributed by atoms with E-state index in [1.54, 1.807) is 30.3 Å². The number of ether oxygens (including phenoxy) is 2. The molecule has 1 aliphatic rings. The molecule has 146 valence electrons. The van der Waals surface area contributed by atoms with Gasteiger partial charge in [0.25, 0.3) is 5.24 Å². The number of rotatable bonds is 7. The second kappa shape index (κ2) is 9.12. The molecule has 6 nitrogen and oxygen atoms in total. The molecule has 2 aromatic carbocycles. The van der Waals surface area contributed by atoms with Gasteiger partial charge in [-0.05, 0) is 41.8 Å². The highest BCUT2D eigenvalue weighted by molar-refractivity contribution is 8.15. The molecule has 2 atom stereocenters. The quantitative estimate of drug-likeness (QED) is 0.685. The van der Waals surface area contributed by atoms with Crippen LogP contribution in [0.5, 0.6) is 5.75 Å². The Balaban J connectivity index is 1.61. The number of amides is 2. The molecule has 0 radical (unpaired) electrons. The topological polar surface area (TPSA) is 81.7 Å². The molecule has 28 heavy (non-hydrogen) atoms. The zero-order valence-electron chi connectivity index (χ0n) is 15.0. The van der Waals surface area contributed by atoms with Gasteiger partial charge >= 0.3 is 5.97 Å². The summed E-state index contributed by atoms with van der Waals surface area (Å²) in [5.41, 5.74) is 1.66. The van der Waals surface area contributed by atoms with Crippen molar-refractivity contribution in [2.24, 2.45) is 0 Å². The number of esters is 1. The van der Waals surface area contributed by atoms with Gasteiger partial charge < -0.3 is 9.47 Å². The van der Waals surface area contributed by atoms with Gasteiger partial charge in [0, 0.05) is 11.9 Å². The van der Waals surface area contributed by atoms with Crippen LogP contribution in [0.3, 0.4) is 0 Å². The number of thioether (sulfide) groups is 1. The molecule has 0 bridgehead atoms. The van der Waals surface area contributed by atoms with Gasteiger partial charge in [0.15, 0.2) is 6.10 Å². The van der Waals surface area contributed by atoms with Crippen LogP contribution in [0, 0.1) is 0 Å². The van der Waals surface area contributed by atoms with Crippen LogP contribution in [0.4, 0.5) is 4.79 Å². The fourth-order valence-corrected chi connectivity index (χ4v) is 3.80. The van der Waals surface area contributed by atoms with Crippen molar-refractivity contribution >= 4 is 40.5 Å². The van der Waals surface area contributed by atoms with E-state index in [9.17, 15) is 14.4 Å². The Bertz CT molecular complexity index is 886. The SMILES string of the molecule is CC(=O)OC(COc1ccc(CC2SC(=O)NC2=O)cc1)c1cccc(Cl)c1. The second-order valence-corrected chi connectivity index (χ2v) is 7.81. The van der Waals surface area contributed by atoms with Gasteiger partial charge in [0.2, 0.25) is 5.91 Å². The Labute approximate surface area is 171 Å². The highest BCUT2D eigenvalue weighted by Gasteiger charge is 2.31. The first-order valence-corrected chi connectivity index (χ1v) is 9.82. The van der Waals surface area contributed by atoms with E-state index in [0.717, 1.165) is 22.9 Å². The van der Waals surface area contributed by atoms with E-state index in [2.05, 4.69) is 5.32 Å². The van der Waals surface area contributed by atoms with Gasteiger partial charge in [0.05, 0.1) is 5.25 Å². The lowest BCUT2D eigenvalue weighted by Crippen LogP contribution is -2.25. The van der Waals surface area contributed by atoms with E-state index in [4.69, 9.17) is 21.1 Å². The summed E-state index contributed by atoms with van der Waals surface area (Å²) in [6, 6.07) is 14.3. The summed E-state index contributed by atoms with van der Waals surface area (Å²) < 4.78 is 11.1. The normalized spacial score (nSPS) is 17.1. The van der Waals surface area contributed by atoms with E-state index in [1.807, 2.05) is 18.2 Å². The predicted octanol–water partition coefficient (Wildman–Crippen LogP) is 3.92. The number of hydrogen-bond acceptors (Lipinski definition) is 6. The lowest BCUT2D eigenvalue weighted by Gasteiger charge is -2.18. The van der Waals surface area contributed by atoms with Crippen LogP contribution in [-0.2, 0) is 20.7 Å². The molecular weight excluding hydrogens is 402 g/mol. The monoisotopic (exact) mass is 419 g/mol. The van der Waals surface area contributed by atoms with Crippen molar-refractivity contribution in [1.29, 1.82) is 0 Å². The first-order chi connectivity index (χ1) is 13.4. The number of benzene rings is 2. The van der Waals surface area contributed by atoms with Crippen molar-refractivity contribution in [2.45, 2.75) is 24.7 Å². The Morgan fingerprint density at radius 3 is 2.57 bits per heavy atom. The summed E-state index contributed by atoms with van der Waals surface area (Å²) >= 11 is 7.02. The molecule has 2 amide bonds. The average molecular weight is 420 g/mol. The van der Waals surface area contributed by atoms with Crippen molar-refractivity contribution in [3.05, 3.63) is 64.7 Å². The fourth-order valence-electron chi connectivity index (χ4n) is 2.74. The number of carbonyl (C=O) groups is 3. The van der Waals surface area contributed by atoms with Crippen molar-refractivity contribution in [1.82, 2.24) is 5.32 Å². The van der Waals surface area contributed by atoms with E-state index in [-0.39, 0.29) is 17.8 Å². The molecule has 1 aliphatic heterocycles. The third-order valence-corrected chi connectivity index (χ3v) is 5.26. The van der Waals surface area contributed by atoms with Gasteiger partial charge in [-0.3, -0.25) is 19.7 Å². The first kappa shape index (κ1) is 20.2. The zero-order valence-corrected chi connectivity index (χ0v) is 16.6. The highest BCUT2D eigenvalue weighted by atomic mass is 35.5. The van der Waals surface area contributed by atoms with Gasteiger partial charge in [-0.1, -0.05) is 47.6 Å². The molecule has 0 saturated carbocycles. The van der Waals surface area contributed by atoms with Gasteiger partial charge in [-0.2, -0.15) is 0 Å². The predicted molar refractivity (Wildman–Crippen MR) is 107 cm³/mol. The molecule has 8 heteroatoms. The summed E-state index contributed by atoms with van der Waals surface area (Å²) in [6.07, 6.45) is -0.123. The number of carbonyl (C=O) groups excluding carboxylic acids is 3. The summed E-state index contributed by atoms with van der Waals surface area (Å²) in [7, 11) is 0. The van der Waals surface area contributed by atoms with E-state index in [1.165, 1.54) is 6.92 Å². The molecule has 3 rings (SSSR count). The highest BCUT2D eigenvalue weighted by Crippen LogP contribution is 2.25. The lowest BCUT2D eigenvalue weighted by molar-refractivity contribution is -0.148. The molecule has 0 aromatic heterocycles. The number of nitrogens with one attached hydrogen (secondary N) is 1. The maximum absolute atomic E-state index is 11.7. The Morgan fingerprint density at radius 2 is 1.96 bits per heavy atom. The first-order valence-electron chi connectivity index (χ1n) is 8.56. The van der Waals surface area contributed by atoms with Gasteiger partial charge in [-0.25, -0.2) is 0 Å². The third kappa shape index (κ3) is 5.50. The van der Waals surface area contributed by atoms with Crippen LogP contribution >= 0.6 is 23.4 Å². The molecule has 1 N–H and O–H groups in total. The average Bonchev–Trinajstić information content (AvgIpc) is 2.96. The number of imide groups is 1. The smallest absolute Gasteiger partial charge is 0.303 e. The largest absolute Gasteiger partial charge is 0.489 e. The molecule has 2 aromatic rings. The summed E-state index contributed by atoms with van der Waals surface area (Å²) in [5.74, 6) is -0.0746. The van der Waals surface area contributed by atoms with Crippen LogP contribution in [-0.4, -0.2) is 29.0 Å². The Kier molecular flexibility index (Phi) is 6.59. The van der Waals surface area contributed by atoms with Gasteiger partial charge in [-0.15, -0.1) is 0 Å². The third-order valence-electron chi connectivity index (χ3n) is 4.04. The lowest BCUT2D eigenvalue weighted by atomic mass is 10.1. The minimum Gasteiger partial charge on any atom is -0.489 e. The van der Waals surface area contributed by atoms with Crippen molar-refractivity contribution in [3.8, 4) is 5.75 Å². The van der Waals surface area contributed by atoms with E-state index in [0.29, 0.717) is 17.2 Å². The van der Waals surface area contributed by atoms with E-state index >= 15 is 0 Å². The fraction of sp³-hybridized carbons (Fsp3) is 0.250. The molecule has 2 unspecified atom stereocenters. The van der Waals surface area contributed by atoms with Crippen molar-refractivity contribution in [3.63, 3.8) is 0 Å². The molecular formula is C20H18ClNO5S. The van der Waals surface area contributed by atoms with Crippen LogP contribution in [0.15, 0.2) is 48.5 Å². The van der Waals surface area contributed by atoms with Crippen LogP contribution in [0.2, 0.25) is 5.02 Å². The summed E-state index contributed by atoms with van der Waals surface area (Å²) in [4.78, 5) is 34.3. The molecule has 1 saturated heterocycles. The van der Waals surface area contributed by atoms with Crippen LogP contribution in [0.1, 0.15) is 24.2 Å². The zero-order chi connectivity index (χ0) is 20.1. The standard InChI is InChI=1S/C20H18ClNO5S/c1-12(23)27-17(14-3-2-4-15(21)10-14)11-26-16-7-5-13(6-8-16)9-18-19(24)22-20(25)28-18/h2-8,10,17-18H,9,11H2,1H3,(H,22,24,25). The maximum atomic E-state index is 11.7. The molecule has 1 heterocycles. The second-order valence-electron chi connectivity index (χ2n) is 6.20. The van der Waals surface area contributed by atoms with Gasteiger partial charge in [0.1, 0.15) is 12.4 Å². The molecule has 0 aliphatic carbocycles. The summed E-state index contributed by atoms with van der Waals surface area (Å²) in [5, 5.41) is 2.10. The molecule has 0 spiro atoms. The summed E-state index contributed by atoms with van der Waals surface area (Å²) in [6.45, 7) is 1.48.